The molecule has 2 N–H and O–H groups in total. The Morgan fingerprint density at radius 1 is 1.43 bits per heavy atom. The largest absolute Gasteiger partial charge is 0.478 e. The Bertz CT molecular complexity index is 638. The number of hydrogen-bond donors (Lipinski definition) is 2. The van der Waals surface area contributed by atoms with Gasteiger partial charge in [-0.25, -0.2) is 14.8 Å². The van der Waals surface area contributed by atoms with Crippen LogP contribution in [0.15, 0.2) is 18.3 Å². The SMILES string of the molecule is CCc1cnc(CNc2cc(C(=O)O)cc(C(C)C)n2)s1. The van der Waals surface area contributed by atoms with Gasteiger partial charge in [-0.2, -0.15) is 0 Å². The van der Waals surface area contributed by atoms with Crippen LogP contribution in [0, 0.1) is 0 Å². The van der Waals surface area contributed by atoms with Crippen molar-refractivity contribution in [3.63, 3.8) is 0 Å². The Morgan fingerprint density at radius 3 is 2.76 bits per heavy atom. The second kappa shape index (κ2) is 6.67. The summed E-state index contributed by atoms with van der Waals surface area (Å²) in [5.41, 5.74) is 1.02. The Kier molecular flexibility index (Phi) is 4.90. The number of pyridine rings is 1. The number of nitrogens with zero attached hydrogens (tertiary/aromatic N) is 2. The third-order valence-corrected chi connectivity index (χ3v) is 4.20. The van der Waals surface area contributed by atoms with Crippen molar-refractivity contribution in [3.8, 4) is 0 Å². The molecule has 2 rings (SSSR count). The summed E-state index contributed by atoms with van der Waals surface area (Å²) in [6.45, 7) is 6.63. The standard InChI is InChI=1S/C15H19N3O2S/c1-4-11-7-17-14(21-11)8-16-13-6-10(15(19)20)5-12(18-13)9(2)3/h5-7,9H,4,8H2,1-3H3,(H,16,18)(H,19,20). The van der Waals surface area contributed by atoms with Crippen molar-refractivity contribution in [2.45, 2.75) is 39.7 Å². The van der Waals surface area contributed by atoms with E-state index in [9.17, 15) is 9.90 Å². The van der Waals surface area contributed by atoms with E-state index in [0.29, 0.717) is 12.4 Å². The van der Waals surface area contributed by atoms with Crippen LogP contribution >= 0.6 is 11.3 Å². The Balaban J connectivity index is 2.16. The van der Waals surface area contributed by atoms with Crippen molar-refractivity contribution < 1.29 is 9.90 Å². The molecule has 2 aromatic heterocycles. The quantitative estimate of drug-likeness (QED) is 0.854. The van der Waals surface area contributed by atoms with Crippen LogP contribution in [0.4, 0.5) is 5.82 Å². The topological polar surface area (TPSA) is 75.1 Å². The molecule has 0 saturated carbocycles. The lowest BCUT2D eigenvalue weighted by molar-refractivity contribution is 0.0696. The molecule has 0 aromatic carbocycles. The number of aromatic carboxylic acids is 1. The normalized spacial score (nSPS) is 10.9. The highest BCUT2D eigenvalue weighted by Crippen LogP contribution is 2.19. The molecule has 0 aliphatic heterocycles. The lowest BCUT2D eigenvalue weighted by Gasteiger charge is -2.10. The van der Waals surface area contributed by atoms with Crippen molar-refractivity contribution in [1.82, 2.24) is 9.97 Å². The lowest BCUT2D eigenvalue weighted by atomic mass is 10.1. The molecule has 0 saturated heterocycles. The summed E-state index contributed by atoms with van der Waals surface area (Å²) < 4.78 is 0. The van der Waals surface area contributed by atoms with Gasteiger partial charge in [0.15, 0.2) is 0 Å². The maximum Gasteiger partial charge on any atom is 0.335 e. The number of nitrogens with one attached hydrogen (secondary N) is 1. The highest BCUT2D eigenvalue weighted by Gasteiger charge is 2.11. The van der Waals surface area contributed by atoms with Gasteiger partial charge in [0.1, 0.15) is 10.8 Å². The van der Waals surface area contributed by atoms with Gasteiger partial charge in [0.2, 0.25) is 0 Å². The maximum absolute atomic E-state index is 11.2. The van der Waals surface area contributed by atoms with Crippen LogP contribution in [0.5, 0.6) is 0 Å². The number of rotatable bonds is 6. The maximum atomic E-state index is 11.2. The summed E-state index contributed by atoms with van der Waals surface area (Å²) in [6, 6.07) is 3.18. The third-order valence-electron chi connectivity index (χ3n) is 3.05. The van der Waals surface area contributed by atoms with E-state index in [1.165, 1.54) is 4.88 Å². The zero-order valence-electron chi connectivity index (χ0n) is 12.4. The number of carboxylic acids is 1. The number of carbonyl (C=O) groups is 1. The molecule has 5 nitrogen and oxygen atoms in total. The van der Waals surface area contributed by atoms with E-state index < -0.39 is 5.97 Å². The van der Waals surface area contributed by atoms with Crippen molar-refractivity contribution in [2.75, 3.05) is 5.32 Å². The Hall–Kier alpha value is -1.95. The zero-order valence-corrected chi connectivity index (χ0v) is 13.2. The fraction of sp³-hybridized carbons (Fsp3) is 0.400. The van der Waals surface area contributed by atoms with Gasteiger partial charge in [0.25, 0.3) is 0 Å². The van der Waals surface area contributed by atoms with E-state index in [2.05, 4.69) is 22.2 Å². The molecule has 0 unspecified atom stereocenters. The minimum Gasteiger partial charge on any atom is -0.478 e. The van der Waals surface area contributed by atoms with Gasteiger partial charge in [-0.3, -0.25) is 0 Å². The van der Waals surface area contributed by atoms with Crippen LogP contribution in [0.1, 0.15) is 52.6 Å². The van der Waals surface area contributed by atoms with E-state index in [0.717, 1.165) is 17.1 Å². The number of aromatic nitrogens is 2. The summed E-state index contributed by atoms with van der Waals surface area (Å²) in [4.78, 5) is 21.2. The van der Waals surface area contributed by atoms with Gasteiger partial charge >= 0.3 is 5.97 Å². The monoisotopic (exact) mass is 305 g/mol. The van der Waals surface area contributed by atoms with E-state index in [1.807, 2.05) is 20.0 Å². The molecule has 6 heteroatoms. The Labute approximate surface area is 128 Å². The van der Waals surface area contributed by atoms with E-state index in [1.54, 1.807) is 23.5 Å². The average Bonchev–Trinajstić information content (AvgIpc) is 2.92. The summed E-state index contributed by atoms with van der Waals surface area (Å²) in [5.74, 6) is -0.187. The van der Waals surface area contributed by atoms with Crippen LogP contribution in [-0.2, 0) is 13.0 Å². The first-order valence-corrected chi connectivity index (χ1v) is 7.74. The molecule has 21 heavy (non-hydrogen) atoms. The van der Waals surface area contributed by atoms with Crippen LogP contribution in [0.3, 0.4) is 0 Å². The fourth-order valence-corrected chi connectivity index (χ4v) is 2.62. The van der Waals surface area contributed by atoms with Crippen LogP contribution < -0.4 is 5.32 Å². The third kappa shape index (κ3) is 4.01. The molecule has 0 amide bonds. The van der Waals surface area contributed by atoms with Gasteiger partial charge in [-0.1, -0.05) is 20.8 Å². The number of aryl methyl sites for hydroxylation is 1. The van der Waals surface area contributed by atoms with Crippen molar-refractivity contribution >= 4 is 23.1 Å². The zero-order chi connectivity index (χ0) is 15.4. The minimum absolute atomic E-state index is 0.177. The smallest absolute Gasteiger partial charge is 0.335 e. The number of carboxylic acid groups (broad SMARTS) is 1. The molecule has 0 atom stereocenters. The Morgan fingerprint density at radius 2 is 2.19 bits per heavy atom. The lowest BCUT2D eigenvalue weighted by Crippen LogP contribution is -2.07. The van der Waals surface area contributed by atoms with E-state index >= 15 is 0 Å². The number of anilines is 1. The minimum atomic E-state index is -0.940. The number of hydrogen-bond acceptors (Lipinski definition) is 5. The number of thiazole rings is 1. The average molecular weight is 305 g/mol. The van der Waals surface area contributed by atoms with Gasteiger partial charge < -0.3 is 10.4 Å². The first kappa shape index (κ1) is 15.4. The molecule has 0 aliphatic carbocycles. The van der Waals surface area contributed by atoms with Gasteiger partial charge in [-0.05, 0) is 24.5 Å². The first-order chi connectivity index (χ1) is 9.99. The van der Waals surface area contributed by atoms with Crippen molar-refractivity contribution in [2.24, 2.45) is 0 Å². The van der Waals surface area contributed by atoms with Crippen LogP contribution in [0.2, 0.25) is 0 Å². The highest BCUT2D eigenvalue weighted by atomic mass is 32.1. The molecular weight excluding hydrogens is 286 g/mol. The molecular formula is C15H19N3O2S. The molecule has 0 aliphatic rings. The fourth-order valence-electron chi connectivity index (χ4n) is 1.82. The van der Waals surface area contributed by atoms with Crippen molar-refractivity contribution in [3.05, 3.63) is 39.5 Å². The van der Waals surface area contributed by atoms with Crippen LogP contribution in [0.25, 0.3) is 0 Å². The molecule has 112 valence electrons. The van der Waals surface area contributed by atoms with Gasteiger partial charge in [0.05, 0.1) is 12.1 Å². The van der Waals surface area contributed by atoms with Gasteiger partial charge in [-0.15, -0.1) is 11.3 Å². The summed E-state index contributed by atoms with van der Waals surface area (Å²) in [6.07, 6.45) is 2.85. The van der Waals surface area contributed by atoms with E-state index in [-0.39, 0.29) is 11.5 Å². The van der Waals surface area contributed by atoms with Gasteiger partial charge in [0, 0.05) is 16.8 Å². The molecule has 0 bridgehead atoms. The van der Waals surface area contributed by atoms with E-state index in [4.69, 9.17) is 0 Å². The second-order valence-electron chi connectivity index (χ2n) is 5.05. The summed E-state index contributed by atoms with van der Waals surface area (Å²) in [7, 11) is 0. The molecule has 2 aromatic rings. The van der Waals surface area contributed by atoms with Crippen molar-refractivity contribution in [1.29, 1.82) is 0 Å². The molecule has 0 radical (unpaired) electrons. The highest BCUT2D eigenvalue weighted by molar-refractivity contribution is 7.11. The second-order valence-corrected chi connectivity index (χ2v) is 6.25. The molecule has 0 fully saturated rings. The molecule has 0 spiro atoms. The predicted octanol–water partition coefficient (Wildman–Crippen LogP) is 3.53. The predicted molar refractivity (Wildman–Crippen MR) is 84.1 cm³/mol. The summed E-state index contributed by atoms with van der Waals surface area (Å²) in [5, 5.41) is 13.3. The summed E-state index contributed by atoms with van der Waals surface area (Å²) >= 11 is 1.66. The first-order valence-electron chi connectivity index (χ1n) is 6.92. The molecule has 2 heterocycles. The van der Waals surface area contributed by atoms with Crippen LogP contribution in [-0.4, -0.2) is 21.0 Å².